The third-order valence-electron chi connectivity index (χ3n) is 4.32. The maximum atomic E-state index is 11.3. The van der Waals surface area contributed by atoms with E-state index < -0.39 is 5.97 Å². The van der Waals surface area contributed by atoms with Crippen LogP contribution in [0, 0.1) is 0 Å². The van der Waals surface area contributed by atoms with Gasteiger partial charge in [-0.3, -0.25) is 4.57 Å². The van der Waals surface area contributed by atoms with Crippen molar-refractivity contribution in [2.75, 3.05) is 0 Å². The highest BCUT2D eigenvalue weighted by atomic mass is 16.7. The fraction of sp³-hybridized carbons (Fsp3) is 0.333. The van der Waals surface area contributed by atoms with E-state index in [9.17, 15) is 4.79 Å². The standard InChI is InChI=1S/C21H24N2O3/c1-3-4-5-6-11-19(22-26-16(2)24)18-15-23(21-13-9-14-25-21)20-12-8-7-10-17(18)20/h7-10,12-15H,3-6,11H2,1-2H3/b22-19+. The van der Waals surface area contributed by atoms with Crippen LogP contribution >= 0.6 is 0 Å². The molecule has 0 aliphatic carbocycles. The monoisotopic (exact) mass is 352 g/mol. The molecule has 0 N–H and O–H groups in total. The lowest BCUT2D eigenvalue weighted by Crippen LogP contribution is -2.04. The minimum Gasteiger partial charge on any atom is -0.448 e. The van der Waals surface area contributed by atoms with Gasteiger partial charge in [0, 0.05) is 30.1 Å². The molecule has 0 fully saturated rings. The normalized spacial score (nSPS) is 11.8. The molecule has 3 aromatic rings. The van der Waals surface area contributed by atoms with Gasteiger partial charge in [0.05, 0.1) is 17.5 Å². The molecule has 0 unspecified atom stereocenters. The summed E-state index contributed by atoms with van der Waals surface area (Å²) >= 11 is 0. The number of rotatable bonds is 8. The van der Waals surface area contributed by atoms with Gasteiger partial charge in [0.1, 0.15) is 0 Å². The van der Waals surface area contributed by atoms with Gasteiger partial charge in [-0.1, -0.05) is 49.5 Å². The second kappa shape index (κ2) is 8.52. The first-order valence-corrected chi connectivity index (χ1v) is 9.09. The molecule has 2 heterocycles. The topological polar surface area (TPSA) is 56.7 Å². The molecular weight excluding hydrogens is 328 g/mol. The molecule has 26 heavy (non-hydrogen) atoms. The Morgan fingerprint density at radius 2 is 2.00 bits per heavy atom. The summed E-state index contributed by atoms with van der Waals surface area (Å²) in [5.41, 5.74) is 2.79. The Morgan fingerprint density at radius 3 is 2.73 bits per heavy atom. The average Bonchev–Trinajstić information content (AvgIpc) is 3.28. The first kappa shape index (κ1) is 18.0. The highest BCUT2D eigenvalue weighted by molar-refractivity contribution is 6.11. The quantitative estimate of drug-likeness (QED) is 0.234. The van der Waals surface area contributed by atoms with Gasteiger partial charge >= 0.3 is 5.97 Å². The van der Waals surface area contributed by atoms with Crippen LogP contribution in [0.25, 0.3) is 16.8 Å². The minimum absolute atomic E-state index is 0.411. The number of benzene rings is 1. The highest BCUT2D eigenvalue weighted by Gasteiger charge is 2.16. The molecule has 5 nitrogen and oxygen atoms in total. The lowest BCUT2D eigenvalue weighted by molar-refractivity contribution is -0.140. The van der Waals surface area contributed by atoms with Crippen molar-refractivity contribution in [3.05, 3.63) is 54.4 Å². The fourth-order valence-electron chi connectivity index (χ4n) is 3.07. The summed E-state index contributed by atoms with van der Waals surface area (Å²) in [6.45, 7) is 3.55. The fourth-order valence-corrected chi connectivity index (χ4v) is 3.07. The highest BCUT2D eigenvalue weighted by Crippen LogP contribution is 2.27. The number of hydrogen-bond acceptors (Lipinski definition) is 4. The summed E-state index contributed by atoms with van der Waals surface area (Å²) in [4.78, 5) is 16.2. The van der Waals surface area contributed by atoms with Crippen molar-refractivity contribution < 1.29 is 14.0 Å². The number of hydrogen-bond donors (Lipinski definition) is 0. The molecule has 0 atom stereocenters. The zero-order chi connectivity index (χ0) is 18.4. The van der Waals surface area contributed by atoms with Gasteiger partial charge in [-0.15, -0.1) is 0 Å². The number of furan rings is 1. The summed E-state index contributed by atoms with van der Waals surface area (Å²) in [6, 6.07) is 11.9. The van der Waals surface area contributed by atoms with Crippen LogP contribution in [0.5, 0.6) is 0 Å². The van der Waals surface area contributed by atoms with Crippen LogP contribution in [0.2, 0.25) is 0 Å². The van der Waals surface area contributed by atoms with Gasteiger partial charge in [0.2, 0.25) is 5.88 Å². The van der Waals surface area contributed by atoms with Gasteiger partial charge in [0.25, 0.3) is 0 Å². The Balaban J connectivity index is 2.01. The predicted octanol–water partition coefficient (Wildman–Crippen LogP) is 5.46. The van der Waals surface area contributed by atoms with Crippen molar-refractivity contribution in [2.45, 2.75) is 46.0 Å². The first-order valence-electron chi connectivity index (χ1n) is 9.09. The number of para-hydroxylation sites is 1. The Bertz CT molecular complexity index is 891. The lowest BCUT2D eigenvalue weighted by Gasteiger charge is -2.05. The van der Waals surface area contributed by atoms with Gasteiger partial charge in [-0.25, -0.2) is 4.79 Å². The molecule has 0 spiro atoms. The molecule has 0 saturated carbocycles. The SMILES string of the molecule is CCCCCC/C(=N\OC(C)=O)c1cn(-c2ccco2)c2ccccc12. The Morgan fingerprint density at radius 1 is 1.15 bits per heavy atom. The zero-order valence-corrected chi connectivity index (χ0v) is 15.3. The van der Waals surface area contributed by atoms with E-state index in [0.717, 1.165) is 47.3 Å². The van der Waals surface area contributed by atoms with Crippen molar-refractivity contribution in [1.29, 1.82) is 0 Å². The third kappa shape index (κ3) is 4.04. The van der Waals surface area contributed by atoms with Crippen LogP contribution in [-0.4, -0.2) is 16.2 Å². The van der Waals surface area contributed by atoms with Crippen molar-refractivity contribution in [3.8, 4) is 5.88 Å². The van der Waals surface area contributed by atoms with E-state index in [1.165, 1.54) is 19.8 Å². The molecule has 3 rings (SSSR count). The summed E-state index contributed by atoms with van der Waals surface area (Å²) in [5.74, 6) is 0.330. The molecule has 0 radical (unpaired) electrons. The van der Waals surface area contributed by atoms with Crippen LogP contribution in [-0.2, 0) is 9.63 Å². The van der Waals surface area contributed by atoms with Gasteiger partial charge in [-0.2, -0.15) is 0 Å². The van der Waals surface area contributed by atoms with Crippen LogP contribution in [0.1, 0.15) is 51.5 Å². The number of carbonyl (C=O) groups excluding carboxylic acids is 1. The molecule has 0 bridgehead atoms. The molecule has 2 aromatic heterocycles. The number of nitrogens with zero attached hydrogens (tertiary/aromatic N) is 2. The van der Waals surface area contributed by atoms with Crippen molar-refractivity contribution in [1.82, 2.24) is 4.57 Å². The Labute approximate surface area is 153 Å². The maximum Gasteiger partial charge on any atom is 0.331 e. The molecule has 0 saturated heterocycles. The summed E-state index contributed by atoms with van der Waals surface area (Å²) in [5, 5.41) is 5.22. The zero-order valence-electron chi connectivity index (χ0n) is 15.3. The lowest BCUT2D eigenvalue weighted by atomic mass is 10.0. The van der Waals surface area contributed by atoms with Crippen LogP contribution in [0.15, 0.2) is 58.4 Å². The number of carbonyl (C=O) groups is 1. The van der Waals surface area contributed by atoms with E-state index in [4.69, 9.17) is 9.25 Å². The van der Waals surface area contributed by atoms with E-state index in [1.807, 2.05) is 41.1 Å². The van der Waals surface area contributed by atoms with Crippen molar-refractivity contribution in [2.24, 2.45) is 5.16 Å². The second-order valence-electron chi connectivity index (χ2n) is 6.31. The first-order chi connectivity index (χ1) is 12.7. The number of fused-ring (bicyclic) bond motifs is 1. The predicted molar refractivity (Wildman–Crippen MR) is 103 cm³/mol. The van der Waals surface area contributed by atoms with E-state index in [0.29, 0.717) is 0 Å². The molecular formula is C21H24N2O3. The van der Waals surface area contributed by atoms with Gasteiger partial charge in [0.15, 0.2) is 0 Å². The largest absolute Gasteiger partial charge is 0.448 e. The van der Waals surface area contributed by atoms with Crippen LogP contribution in [0.4, 0.5) is 0 Å². The Hall–Kier alpha value is -2.82. The van der Waals surface area contributed by atoms with Crippen LogP contribution < -0.4 is 0 Å². The summed E-state index contributed by atoms with van der Waals surface area (Å²) < 4.78 is 7.57. The molecule has 0 amide bonds. The Kier molecular flexibility index (Phi) is 5.89. The second-order valence-corrected chi connectivity index (χ2v) is 6.31. The number of aromatic nitrogens is 1. The smallest absolute Gasteiger partial charge is 0.331 e. The summed E-state index contributed by atoms with van der Waals surface area (Å²) in [6.07, 6.45) is 8.93. The van der Waals surface area contributed by atoms with E-state index in [1.54, 1.807) is 6.26 Å². The van der Waals surface area contributed by atoms with E-state index >= 15 is 0 Å². The number of unbranched alkanes of at least 4 members (excludes halogenated alkanes) is 3. The molecule has 136 valence electrons. The molecule has 0 aliphatic rings. The van der Waals surface area contributed by atoms with Crippen molar-refractivity contribution >= 4 is 22.6 Å². The minimum atomic E-state index is -0.411. The average molecular weight is 352 g/mol. The molecule has 0 aliphatic heterocycles. The summed E-state index contributed by atoms with van der Waals surface area (Å²) in [7, 11) is 0. The van der Waals surface area contributed by atoms with Gasteiger partial charge in [-0.05, 0) is 25.0 Å². The molecule has 5 heteroatoms. The maximum absolute atomic E-state index is 11.3. The van der Waals surface area contributed by atoms with Crippen LogP contribution in [0.3, 0.4) is 0 Å². The third-order valence-corrected chi connectivity index (χ3v) is 4.32. The van der Waals surface area contributed by atoms with E-state index in [-0.39, 0.29) is 0 Å². The van der Waals surface area contributed by atoms with E-state index in [2.05, 4.69) is 18.1 Å². The van der Waals surface area contributed by atoms with Gasteiger partial charge < -0.3 is 9.25 Å². The number of oxime groups is 1. The molecule has 1 aromatic carbocycles. The van der Waals surface area contributed by atoms with Crippen molar-refractivity contribution in [3.63, 3.8) is 0 Å².